The Hall–Kier alpha value is -3.23. The molecule has 0 aliphatic carbocycles. The van der Waals surface area contributed by atoms with Gasteiger partial charge < -0.3 is 23.8 Å². The van der Waals surface area contributed by atoms with E-state index >= 15 is 0 Å². The molecule has 1 fully saturated rings. The lowest BCUT2D eigenvalue weighted by Gasteiger charge is -2.35. The lowest BCUT2D eigenvalue weighted by atomic mass is 9.98. The topological polar surface area (TPSA) is 94.6 Å². The fraction of sp³-hybridized carbons (Fsp3) is 0.654. The molecule has 0 N–H and O–H groups in total. The number of carbonyl (C=O) groups excluding carboxylic acids is 3. The van der Waals surface area contributed by atoms with Gasteiger partial charge >= 0.3 is 30.4 Å². The highest BCUT2D eigenvalue weighted by Gasteiger charge is 2.60. The summed E-state index contributed by atoms with van der Waals surface area (Å²) in [5.74, 6) is -1.02. The van der Waals surface area contributed by atoms with Crippen LogP contribution < -0.4 is 4.74 Å². The number of esters is 2. The second kappa shape index (κ2) is 12.7. The molecule has 0 spiro atoms. The highest BCUT2D eigenvalue weighted by molar-refractivity contribution is 5.79. The summed E-state index contributed by atoms with van der Waals surface area (Å²) in [6.45, 7) is 9.20. The summed E-state index contributed by atoms with van der Waals surface area (Å²) in [6, 6.07) is 5.22. The first kappa shape index (κ1) is 34.0. The van der Waals surface area contributed by atoms with Crippen molar-refractivity contribution < 1.29 is 59.7 Å². The van der Waals surface area contributed by atoms with Crippen LogP contribution in [0.25, 0.3) is 0 Å². The first-order chi connectivity index (χ1) is 18.6. The Balaban J connectivity index is 2.00. The van der Waals surface area contributed by atoms with Gasteiger partial charge in [-0.15, -0.1) is 0 Å². The average molecular weight is 601 g/mol. The summed E-state index contributed by atoms with van der Waals surface area (Å²) in [4.78, 5) is 39.1. The van der Waals surface area contributed by atoms with Crippen molar-refractivity contribution >= 4 is 18.0 Å². The van der Waals surface area contributed by atoms with E-state index in [0.717, 1.165) is 10.5 Å². The fourth-order valence-electron chi connectivity index (χ4n) is 3.55. The molecule has 1 aliphatic rings. The number of aryl methyl sites for hydroxylation is 1. The Morgan fingerprint density at radius 2 is 1.39 bits per heavy atom. The van der Waals surface area contributed by atoms with Gasteiger partial charge in [0.05, 0.1) is 5.41 Å². The number of hydrogen-bond donors (Lipinski definition) is 0. The van der Waals surface area contributed by atoms with Gasteiger partial charge in [-0.3, -0.25) is 9.69 Å². The summed E-state index contributed by atoms with van der Waals surface area (Å²) in [5.41, 5.74) is -0.841. The molecular weight excluding hydrogens is 566 g/mol. The van der Waals surface area contributed by atoms with Crippen molar-refractivity contribution in [2.45, 2.75) is 72.1 Å². The number of ether oxygens (including phenoxy) is 4. The summed E-state index contributed by atoms with van der Waals surface area (Å²) in [5, 5.41) is 0. The number of halogens is 6. The quantitative estimate of drug-likeness (QED) is 0.234. The van der Waals surface area contributed by atoms with E-state index in [-0.39, 0.29) is 32.7 Å². The summed E-state index contributed by atoms with van der Waals surface area (Å²) in [7, 11) is 0. The molecule has 1 aliphatic heterocycles. The third kappa shape index (κ3) is 9.97. The van der Waals surface area contributed by atoms with Gasteiger partial charge in [-0.25, -0.2) is 9.59 Å². The van der Waals surface area contributed by atoms with Crippen molar-refractivity contribution in [3.63, 3.8) is 0 Å². The second-order valence-corrected chi connectivity index (χ2v) is 11.1. The molecule has 0 unspecified atom stereocenters. The Morgan fingerprint density at radius 1 is 0.854 bits per heavy atom. The predicted octanol–water partition coefficient (Wildman–Crippen LogP) is 4.99. The molecule has 0 bridgehead atoms. The molecule has 0 aromatic heterocycles. The third-order valence-corrected chi connectivity index (χ3v) is 5.91. The molecule has 1 amide bonds. The minimum atomic E-state index is -5.80. The number of alkyl halides is 6. The van der Waals surface area contributed by atoms with Crippen LogP contribution in [0.1, 0.15) is 45.7 Å². The molecule has 0 radical (unpaired) electrons. The standard InChI is InChI=1S/C26H34F6N2O7/c1-16-7-8-17(18(13-16)41-24(5,6)21(36)39-15-38-20(35)23(2,3)4)14-33-9-11-34(12-10-33)22(37)40-19(25(27,28)29)26(30,31)32/h7-8,13,19H,9-12,14-15H2,1-6H3. The minimum absolute atomic E-state index is 0.121. The Labute approximate surface area is 233 Å². The normalized spacial score (nSPS) is 15.5. The number of benzene rings is 1. The van der Waals surface area contributed by atoms with Crippen LogP contribution in [-0.4, -0.2) is 84.9 Å². The number of hydrogen-bond acceptors (Lipinski definition) is 8. The van der Waals surface area contributed by atoms with Crippen LogP contribution in [0, 0.1) is 12.3 Å². The zero-order valence-electron chi connectivity index (χ0n) is 23.6. The summed E-state index contributed by atoms with van der Waals surface area (Å²) < 4.78 is 96.1. The maximum Gasteiger partial charge on any atom is 0.434 e. The first-order valence-corrected chi connectivity index (χ1v) is 12.6. The molecule has 1 aromatic carbocycles. The molecule has 9 nitrogen and oxygen atoms in total. The molecule has 15 heteroatoms. The minimum Gasteiger partial charge on any atom is -0.476 e. The Bertz CT molecular complexity index is 1080. The monoisotopic (exact) mass is 600 g/mol. The van der Waals surface area contributed by atoms with Crippen LogP contribution in [0.2, 0.25) is 0 Å². The van der Waals surface area contributed by atoms with Crippen LogP contribution in [0.15, 0.2) is 18.2 Å². The molecule has 1 heterocycles. The van der Waals surface area contributed by atoms with E-state index in [9.17, 15) is 40.7 Å². The van der Waals surface area contributed by atoms with Gasteiger partial charge in [0.15, 0.2) is 5.60 Å². The molecule has 0 saturated carbocycles. The van der Waals surface area contributed by atoms with Crippen LogP contribution in [-0.2, 0) is 30.3 Å². The van der Waals surface area contributed by atoms with E-state index in [0.29, 0.717) is 11.3 Å². The zero-order chi connectivity index (χ0) is 31.4. The molecule has 0 atom stereocenters. The molecule has 2 rings (SSSR count). The first-order valence-electron chi connectivity index (χ1n) is 12.6. The molecular formula is C26H34F6N2O7. The van der Waals surface area contributed by atoms with E-state index in [4.69, 9.17) is 14.2 Å². The van der Waals surface area contributed by atoms with Crippen molar-refractivity contribution in [3.8, 4) is 5.75 Å². The van der Waals surface area contributed by atoms with E-state index in [1.165, 1.54) is 13.8 Å². The number of amides is 1. The van der Waals surface area contributed by atoms with Gasteiger partial charge in [0.1, 0.15) is 5.75 Å². The smallest absolute Gasteiger partial charge is 0.434 e. The van der Waals surface area contributed by atoms with Gasteiger partial charge in [-0.1, -0.05) is 12.1 Å². The van der Waals surface area contributed by atoms with E-state index in [2.05, 4.69) is 4.74 Å². The second-order valence-electron chi connectivity index (χ2n) is 11.1. The molecule has 1 saturated heterocycles. The third-order valence-electron chi connectivity index (χ3n) is 5.91. The van der Waals surface area contributed by atoms with Gasteiger partial charge in [0.25, 0.3) is 6.10 Å². The predicted molar refractivity (Wildman–Crippen MR) is 132 cm³/mol. The number of carbonyl (C=O) groups is 3. The number of rotatable bonds is 8. The van der Waals surface area contributed by atoms with E-state index in [1.54, 1.807) is 45.9 Å². The lowest BCUT2D eigenvalue weighted by molar-refractivity contribution is -0.308. The van der Waals surface area contributed by atoms with Gasteiger partial charge in [-0.2, -0.15) is 26.3 Å². The largest absolute Gasteiger partial charge is 0.476 e. The van der Waals surface area contributed by atoms with Gasteiger partial charge in [-0.05, 0) is 53.2 Å². The zero-order valence-corrected chi connectivity index (χ0v) is 23.6. The molecule has 232 valence electrons. The van der Waals surface area contributed by atoms with Gasteiger partial charge in [0.2, 0.25) is 6.79 Å². The van der Waals surface area contributed by atoms with Crippen LogP contribution in [0.3, 0.4) is 0 Å². The number of piperazine rings is 1. The maximum atomic E-state index is 12.7. The Kier molecular flexibility index (Phi) is 10.6. The molecule has 1 aromatic rings. The highest BCUT2D eigenvalue weighted by Crippen LogP contribution is 2.36. The van der Waals surface area contributed by atoms with Crippen molar-refractivity contribution in [2.24, 2.45) is 5.41 Å². The van der Waals surface area contributed by atoms with Crippen LogP contribution in [0.5, 0.6) is 5.75 Å². The SMILES string of the molecule is Cc1ccc(CN2CCN(C(=O)OC(C(F)(F)F)C(F)(F)F)CC2)c(OC(C)(C)C(=O)OCOC(=O)C(C)(C)C)c1. The maximum absolute atomic E-state index is 12.7. The van der Waals surface area contributed by atoms with Crippen molar-refractivity contribution in [1.29, 1.82) is 0 Å². The van der Waals surface area contributed by atoms with Crippen molar-refractivity contribution in [3.05, 3.63) is 29.3 Å². The number of nitrogens with zero attached hydrogens (tertiary/aromatic N) is 2. The lowest BCUT2D eigenvalue weighted by Crippen LogP contribution is -2.52. The van der Waals surface area contributed by atoms with Crippen molar-refractivity contribution in [1.82, 2.24) is 9.80 Å². The van der Waals surface area contributed by atoms with Gasteiger partial charge in [0, 0.05) is 38.3 Å². The average Bonchev–Trinajstić information content (AvgIpc) is 2.82. The summed E-state index contributed by atoms with van der Waals surface area (Å²) in [6.07, 6.45) is -17.5. The highest BCUT2D eigenvalue weighted by atomic mass is 19.4. The van der Waals surface area contributed by atoms with E-state index in [1.807, 2.05) is 4.90 Å². The van der Waals surface area contributed by atoms with E-state index < -0.39 is 54.3 Å². The molecule has 41 heavy (non-hydrogen) atoms. The fourth-order valence-corrected chi connectivity index (χ4v) is 3.55. The summed E-state index contributed by atoms with van der Waals surface area (Å²) >= 11 is 0. The Morgan fingerprint density at radius 3 is 1.90 bits per heavy atom. The van der Waals surface area contributed by atoms with Crippen LogP contribution in [0.4, 0.5) is 31.1 Å². The van der Waals surface area contributed by atoms with Crippen LogP contribution >= 0.6 is 0 Å². The van der Waals surface area contributed by atoms with Crippen molar-refractivity contribution in [2.75, 3.05) is 33.0 Å².